The van der Waals surface area contributed by atoms with Crippen LogP contribution in [0, 0.1) is 0 Å². The Labute approximate surface area is 93.3 Å². The Kier molecular flexibility index (Phi) is 2.31. The predicted molar refractivity (Wildman–Crippen MR) is 59.1 cm³/mol. The standard InChI is InChI=1S/C12H13NO3/c1-7(14)10(15)12(2)8-5-3-4-6-9(8)13-11(12)16/h3-6,10,15H,1-2H3,(H,13,16). The van der Waals surface area contributed by atoms with E-state index in [1.165, 1.54) is 6.92 Å². The third-order valence-electron chi connectivity index (χ3n) is 3.14. The monoisotopic (exact) mass is 219 g/mol. The normalized spacial score (nSPS) is 24.8. The van der Waals surface area contributed by atoms with Crippen LogP contribution in [-0.4, -0.2) is 22.9 Å². The lowest BCUT2D eigenvalue weighted by Crippen LogP contribution is -2.46. The summed E-state index contributed by atoms with van der Waals surface area (Å²) in [5.74, 6) is -0.745. The van der Waals surface area contributed by atoms with E-state index >= 15 is 0 Å². The Morgan fingerprint density at radius 1 is 1.44 bits per heavy atom. The molecule has 2 atom stereocenters. The molecule has 0 saturated heterocycles. The molecule has 1 amide bonds. The number of carbonyl (C=O) groups is 2. The maximum atomic E-state index is 11.9. The van der Waals surface area contributed by atoms with Crippen LogP contribution in [0.1, 0.15) is 19.4 Å². The van der Waals surface area contributed by atoms with Crippen molar-refractivity contribution in [3.63, 3.8) is 0 Å². The van der Waals surface area contributed by atoms with Gasteiger partial charge in [-0.1, -0.05) is 18.2 Å². The summed E-state index contributed by atoms with van der Waals surface area (Å²) in [4.78, 5) is 23.1. The number of Topliss-reactive ketones (excluding diaryl/α,β-unsaturated/α-hetero) is 1. The van der Waals surface area contributed by atoms with E-state index in [-0.39, 0.29) is 5.91 Å². The first-order valence-electron chi connectivity index (χ1n) is 5.07. The van der Waals surface area contributed by atoms with Crippen molar-refractivity contribution in [1.29, 1.82) is 0 Å². The van der Waals surface area contributed by atoms with Crippen molar-refractivity contribution in [2.75, 3.05) is 5.32 Å². The second-order valence-corrected chi connectivity index (χ2v) is 4.22. The van der Waals surface area contributed by atoms with E-state index < -0.39 is 17.3 Å². The van der Waals surface area contributed by atoms with E-state index in [0.29, 0.717) is 11.3 Å². The fourth-order valence-electron chi connectivity index (χ4n) is 2.10. The Bertz CT molecular complexity index is 469. The number of aliphatic hydroxyl groups excluding tert-OH is 1. The quantitative estimate of drug-likeness (QED) is 0.774. The highest BCUT2D eigenvalue weighted by molar-refractivity contribution is 6.09. The number of amides is 1. The van der Waals surface area contributed by atoms with Crippen LogP contribution >= 0.6 is 0 Å². The highest BCUT2D eigenvalue weighted by atomic mass is 16.3. The molecule has 84 valence electrons. The van der Waals surface area contributed by atoms with Gasteiger partial charge in [-0.25, -0.2) is 0 Å². The molecule has 1 aromatic rings. The molecule has 0 spiro atoms. The van der Waals surface area contributed by atoms with Gasteiger partial charge >= 0.3 is 0 Å². The van der Waals surface area contributed by atoms with Crippen LogP contribution in [0.2, 0.25) is 0 Å². The molecule has 1 aliphatic heterocycles. The van der Waals surface area contributed by atoms with Crippen LogP contribution in [0.15, 0.2) is 24.3 Å². The highest BCUT2D eigenvalue weighted by Crippen LogP contribution is 2.40. The van der Waals surface area contributed by atoms with E-state index in [9.17, 15) is 14.7 Å². The van der Waals surface area contributed by atoms with Crippen LogP contribution in [0.5, 0.6) is 0 Å². The molecule has 0 fully saturated rings. The molecule has 2 unspecified atom stereocenters. The number of anilines is 1. The van der Waals surface area contributed by atoms with Gasteiger partial charge in [0.25, 0.3) is 0 Å². The number of rotatable bonds is 2. The summed E-state index contributed by atoms with van der Waals surface area (Å²) < 4.78 is 0. The van der Waals surface area contributed by atoms with E-state index in [2.05, 4.69) is 5.32 Å². The number of ketones is 1. The summed E-state index contributed by atoms with van der Waals surface area (Å²) in [6.45, 7) is 2.87. The lowest BCUT2D eigenvalue weighted by Gasteiger charge is -2.26. The summed E-state index contributed by atoms with van der Waals surface area (Å²) in [7, 11) is 0. The van der Waals surface area contributed by atoms with Crippen molar-refractivity contribution in [3.8, 4) is 0 Å². The summed E-state index contributed by atoms with van der Waals surface area (Å²) in [5.41, 5.74) is 0.153. The number of benzene rings is 1. The number of aliphatic hydroxyl groups is 1. The average Bonchev–Trinajstić information content (AvgIpc) is 2.52. The first-order chi connectivity index (χ1) is 7.48. The summed E-state index contributed by atoms with van der Waals surface area (Å²) in [6.07, 6.45) is -1.31. The predicted octanol–water partition coefficient (Wildman–Crippen LogP) is 0.846. The molecule has 0 bridgehead atoms. The fourth-order valence-corrected chi connectivity index (χ4v) is 2.10. The van der Waals surface area contributed by atoms with Crippen molar-refractivity contribution < 1.29 is 14.7 Å². The minimum atomic E-state index is -1.31. The van der Waals surface area contributed by atoms with Crippen molar-refractivity contribution >= 4 is 17.4 Å². The van der Waals surface area contributed by atoms with Crippen LogP contribution in [0.25, 0.3) is 0 Å². The van der Waals surface area contributed by atoms with Gasteiger partial charge in [-0.05, 0) is 25.5 Å². The summed E-state index contributed by atoms with van der Waals surface area (Å²) in [6, 6.07) is 7.08. The molecule has 4 nitrogen and oxygen atoms in total. The van der Waals surface area contributed by atoms with Gasteiger partial charge in [-0.3, -0.25) is 9.59 Å². The molecule has 4 heteroatoms. The number of carbonyl (C=O) groups excluding carboxylic acids is 2. The lowest BCUT2D eigenvalue weighted by atomic mass is 9.77. The Morgan fingerprint density at radius 3 is 2.69 bits per heavy atom. The van der Waals surface area contributed by atoms with Crippen molar-refractivity contribution in [2.45, 2.75) is 25.4 Å². The third kappa shape index (κ3) is 1.27. The Balaban J connectivity index is 2.57. The molecule has 1 heterocycles. The number of hydrogen-bond donors (Lipinski definition) is 2. The van der Waals surface area contributed by atoms with Gasteiger partial charge in [-0.2, -0.15) is 0 Å². The topological polar surface area (TPSA) is 66.4 Å². The molecule has 0 aromatic heterocycles. The van der Waals surface area contributed by atoms with Crippen LogP contribution in [-0.2, 0) is 15.0 Å². The van der Waals surface area contributed by atoms with Crippen LogP contribution < -0.4 is 5.32 Å². The molecule has 0 aliphatic carbocycles. The smallest absolute Gasteiger partial charge is 0.237 e. The Hall–Kier alpha value is -1.68. The molecule has 0 saturated carbocycles. The summed E-state index contributed by atoms with van der Waals surface area (Å²) >= 11 is 0. The molecule has 2 N–H and O–H groups in total. The first kappa shape index (κ1) is 10.8. The second kappa shape index (κ2) is 3.42. The number of nitrogens with one attached hydrogen (secondary N) is 1. The van der Waals surface area contributed by atoms with Gasteiger partial charge < -0.3 is 10.4 Å². The van der Waals surface area contributed by atoms with Gasteiger partial charge in [0.15, 0.2) is 5.78 Å². The number of para-hydroxylation sites is 1. The number of fused-ring (bicyclic) bond motifs is 1. The Morgan fingerprint density at radius 2 is 2.06 bits per heavy atom. The average molecular weight is 219 g/mol. The number of hydrogen-bond acceptors (Lipinski definition) is 3. The first-order valence-corrected chi connectivity index (χ1v) is 5.07. The van der Waals surface area contributed by atoms with Gasteiger partial charge in [0.1, 0.15) is 11.5 Å². The second-order valence-electron chi connectivity index (χ2n) is 4.22. The minimum absolute atomic E-state index is 0.337. The zero-order valence-corrected chi connectivity index (χ0v) is 9.15. The zero-order valence-electron chi connectivity index (χ0n) is 9.15. The molecule has 16 heavy (non-hydrogen) atoms. The summed E-state index contributed by atoms with van der Waals surface area (Å²) in [5, 5.41) is 12.6. The minimum Gasteiger partial charge on any atom is -0.384 e. The van der Waals surface area contributed by atoms with E-state index in [1.807, 2.05) is 0 Å². The third-order valence-corrected chi connectivity index (χ3v) is 3.14. The van der Waals surface area contributed by atoms with E-state index in [4.69, 9.17) is 0 Å². The maximum Gasteiger partial charge on any atom is 0.237 e. The SMILES string of the molecule is CC(=O)C(O)C1(C)C(=O)Nc2ccccc21. The van der Waals surface area contributed by atoms with Crippen molar-refractivity contribution in [1.82, 2.24) is 0 Å². The highest BCUT2D eigenvalue weighted by Gasteiger charge is 2.49. The van der Waals surface area contributed by atoms with Crippen molar-refractivity contribution in [2.24, 2.45) is 0 Å². The van der Waals surface area contributed by atoms with Gasteiger partial charge in [0, 0.05) is 5.69 Å². The molecule has 1 aromatic carbocycles. The van der Waals surface area contributed by atoms with E-state index in [0.717, 1.165) is 0 Å². The molecule has 2 rings (SSSR count). The maximum absolute atomic E-state index is 11.9. The zero-order chi connectivity index (χ0) is 11.9. The fraction of sp³-hybridized carbons (Fsp3) is 0.333. The van der Waals surface area contributed by atoms with Crippen LogP contribution in [0.3, 0.4) is 0 Å². The molecule has 0 radical (unpaired) electrons. The van der Waals surface area contributed by atoms with Gasteiger partial charge in [0.2, 0.25) is 5.91 Å². The largest absolute Gasteiger partial charge is 0.384 e. The van der Waals surface area contributed by atoms with E-state index in [1.54, 1.807) is 31.2 Å². The molecule has 1 aliphatic rings. The molecular formula is C12H13NO3. The lowest BCUT2D eigenvalue weighted by molar-refractivity contribution is -0.135. The van der Waals surface area contributed by atoms with Gasteiger partial charge in [-0.15, -0.1) is 0 Å². The molecular weight excluding hydrogens is 206 g/mol. The van der Waals surface area contributed by atoms with Crippen LogP contribution in [0.4, 0.5) is 5.69 Å². The van der Waals surface area contributed by atoms with Gasteiger partial charge in [0.05, 0.1) is 0 Å². The van der Waals surface area contributed by atoms with Crippen molar-refractivity contribution in [3.05, 3.63) is 29.8 Å².